The fourth-order valence-corrected chi connectivity index (χ4v) is 5.14. The fourth-order valence-electron chi connectivity index (χ4n) is 5.14. The van der Waals surface area contributed by atoms with Gasteiger partial charge in [-0.05, 0) is 64.5 Å². The summed E-state index contributed by atoms with van der Waals surface area (Å²) in [5.41, 5.74) is 2.46. The third kappa shape index (κ3) is 3.49. The van der Waals surface area contributed by atoms with Crippen LogP contribution in [0.3, 0.4) is 0 Å². The van der Waals surface area contributed by atoms with Gasteiger partial charge in [0.25, 0.3) is 0 Å². The molecule has 0 radical (unpaired) electrons. The zero-order valence-corrected chi connectivity index (χ0v) is 16.9. The minimum absolute atomic E-state index is 0.0565. The van der Waals surface area contributed by atoms with Gasteiger partial charge in [-0.3, -0.25) is 9.47 Å². The summed E-state index contributed by atoms with van der Waals surface area (Å²) in [5.74, 6) is 0. The number of benzene rings is 1. The van der Waals surface area contributed by atoms with E-state index in [0.717, 1.165) is 56.4 Å². The number of nitrogens with zero attached hydrogens (tertiary/aromatic N) is 3. The fraction of sp³-hybridized carbons (Fsp3) is 0.636. The summed E-state index contributed by atoms with van der Waals surface area (Å²) in [7, 11) is 0. The van der Waals surface area contributed by atoms with Crippen molar-refractivity contribution in [2.24, 2.45) is 0 Å². The number of piperidine rings is 1. The molecule has 1 aliphatic heterocycles. The highest BCUT2D eigenvalue weighted by Crippen LogP contribution is 2.38. The number of nitrogens with one attached hydrogen (secondary N) is 1. The first-order valence-corrected chi connectivity index (χ1v) is 10.5. The van der Waals surface area contributed by atoms with Gasteiger partial charge in [-0.2, -0.15) is 0 Å². The van der Waals surface area contributed by atoms with Crippen LogP contribution >= 0.6 is 0 Å². The van der Waals surface area contributed by atoms with E-state index in [-0.39, 0.29) is 17.3 Å². The lowest BCUT2D eigenvalue weighted by Crippen LogP contribution is -2.53. The largest absolute Gasteiger partial charge is 0.379 e. The van der Waals surface area contributed by atoms with Crippen LogP contribution in [-0.4, -0.2) is 45.8 Å². The molecule has 0 atom stereocenters. The molecule has 1 aliphatic carbocycles. The van der Waals surface area contributed by atoms with Crippen LogP contribution in [0.1, 0.15) is 58.4 Å². The Bertz CT molecular complexity index is 922. The lowest BCUT2D eigenvalue weighted by molar-refractivity contribution is -0.0273. The molecule has 6 nitrogen and oxygen atoms in total. The van der Waals surface area contributed by atoms with Crippen molar-refractivity contribution in [1.82, 2.24) is 14.5 Å². The summed E-state index contributed by atoms with van der Waals surface area (Å²) in [4.78, 5) is 21.7. The highest BCUT2D eigenvalue weighted by molar-refractivity contribution is 5.79. The van der Waals surface area contributed by atoms with Crippen molar-refractivity contribution in [2.45, 2.75) is 70.1 Å². The van der Waals surface area contributed by atoms with Gasteiger partial charge in [-0.15, -0.1) is 0 Å². The Kier molecular flexibility index (Phi) is 5.31. The van der Waals surface area contributed by atoms with Gasteiger partial charge in [0.15, 0.2) is 5.69 Å². The van der Waals surface area contributed by atoms with Crippen molar-refractivity contribution >= 4 is 16.7 Å². The summed E-state index contributed by atoms with van der Waals surface area (Å²) in [6.45, 7) is 14.6. The van der Waals surface area contributed by atoms with Crippen molar-refractivity contribution in [2.75, 3.05) is 19.7 Å². The Morgan fingerprint density at radius 2 is 1.96 bits per heavy atom. The summed E-state index contributed by atoms with van der Waals surface area (Å²) in [6, 6.07) is 5.63. The average Bonchev–Trinajstić information content (AvgIpc) is 3.05. The molecule has 2 aliphatic rings. The highest BCUT2D eigenvalue weighted by Gasteiger charge is 2.38. The molecule has 0 amide bonds. The van der Waals surface area contributed by atoms with Crippen LogP contribution in [0.15, 0.2) is 23.0 Å². The Labute approximate surface area is 166 Å². The number of H-pyrrole nitrogens is 1. The molecule has 1 aromatic heterocycles. The SMILES string of the molecule is [C-]#[N+]c1ccc2[nH]c(=O)n(C3CCN(C4(C)CCC(OCC)CC4)CC3)c2c1. The van der Waals surface area contributed by atoms with Crippen molar-refractivity contribution in [3.63, 3.8) is 0 Å². The predicted molar refractivity (Wildman–Crippen MR) is 111 cm³/mol. The standard InChI is InChI=1S/C22H30N4O2/c1-4-28-18-7-11-22(2,12-8-18)25-13-9-17(10-14-25)26-20-15-16(23-3)5-6-19(20)24-21(26)27/h5-6,15,17-18H,4,7-14H2,1-2H3,(H,24,27). The zero-order valence-electron chi connectivity index (χ0n) is 16.9. The van der Waals surface area contributed by atoms with Gasteiger partial charge < -0.3 is 9.72 Å². The number of aromatic nitrogens is 2. The topological polar surface area (TPSA) is 54.6 Å². The number of hydrogen-bond acceptors (Lipinski definition) is 3. The minimum atomic E-state index is -0.0565. The van der Waals surface area contributed by atoms with Gasteiger partial charge >= 0.3 is 5.69 Å². The van der Waals surface area contributed by atoms with Crippen LogP contribution in [0.4, 0.5) is 5.69 Å². The summed E-state index contributed by atoms with van der Waals surface area (Å²) < 4.78 is 7.71. The Hall–Kier alpha value is -2.10. The van der Waals surface area contributed by atoms with E-state index in [1.54, 1.807) is 6.07 Å². The van der Waals surface area contributed by atoms with Crippen molar-refractivity contribution in [1.29, 1.82) is 0 Å². The van der Waals surface area contributed by atoms with Crippen LogP contribution in [0, 0.1) is 6.57 Å². The lowest BCUT2D eigenvalue weighted by Gasteiger charge is -2.48. The van der Waals surface area contributed by atoms with E-state index in [1.807, 2.05) is 16.7 Å². The molecule has 150 valence electrons. The molecule has 1 N–H and O–H groups in total. The maximum Gasteiger partial charge on any atom is 0.326 e. The Morgan fingerprint density at radius 3 is 2.61 bits per heavy atom. The van der Waals surface area contributed by atoms with E-state index in [4.69, 9.17) is 11.3 Å². The third-order valence-corrected chi connectivity index (χ3v) is 6.84. The van der Waals surface area contributed by atoms with Gasteiger partial charge in [0.05, 0.1) is 23.7 Å². The monoisotopic (exact) mass is 382 g/mol. The minimum Gasteiger partial charge on any atom is -0.379 e. The lowest BCUT2D eigenvalue weighted by atomic mass is 9.79. The van der Waals surface area contributed by atoms with Gasteiger partial charge in [0, 0.05) is 31.3 Å². The zero-order chi connectivity index (χ0) is 19.7. The van der Waals surface area contributed by atoms with Crippen LogP contribution in [0.25, 0.3) is 15.9 Å². The molecule has 1 aromatic carbocycles. The first-order chi connectivity index (χ1) is 13.5. The van der Waals surface area contributed by atoms with Gasteiger partial charge in [0.1, 0.15) is 0 Å². The number of aromatic amines is 1. The first-order valence-electron chi connectivity index (χ1n) is 10.5. The van der Waals surface area contributed by atoms with Crippen LogP contribution in [0.2, 0.25) is 0 Å². The van der Waals surface area contributed by atoms with Crippen molar-refractivity contribution < 1.29 is 4.74 Å². The maximum absolute atomic E-state index is 12.6. The van der Waals surface area contributed by atoms with E-state index in [1.165, 1.54) is 12.8 Å². The molecule has 0 spiro atoms. The van der Waals surface area contributed by atoms with Gasteiger partial charge in [-0.1, -0.05) is 6.07 Å². The molecular weight excluding hydrogens is 352 g/mol. The number of ether oxygens (including phenoxy) is 1. The number of fused-ring (bicyclic) bond motifs is 1. The molecule has 2 aromatic rings. The maximum atomic E-state index is 12.6. The number of imidazole rings is 1. The van der Waals surface area contributed by atoms with E-state index in [9.17, 15) is 4.79 Å². The highest BCUT2D eigenvalue weighted by atomic mass is 16.5. The van der Waals surface area contributed by atoms with Crippen LogP contribution in [0.5, 0.6) is 0 Å². The predicted octanol–water partition coefficient (Wildman–Crippen LogP) is 4.26. The molecule has 0 unspecified atom stereocenters. The van der Waals surface area contributed by atoms with Crippen molar-refractivity contribution in [3.8, 4) is 0 Å². The Balaban J connectivity index is 1.46. The molecule has 1 saturated heterocycles. The van der Waals surface area contributed by atoms with E-state index < -0.39 is 0 Å². The molecule has 2 fully saturated rings. The molecule has 28 heavy (non-hydrogen) atoms. The number of likely N-dealkylation sites (tertiary alicyclic amines) is 1. The quantitative estimate of drug-likeness (QED) is 0.804. The summed E-state index contributed by atoms with van der Waals surface area (Å²) >= 11 is 0. The summed E-state index contributed by atoms with van der Waals surface area (Å²) in [6.07, 6.45) is 7.03. The van der Waals surface area contributed by atoms with E-state index in [0.29, 0.717) is 11.8 Å². The second-order valence-corrected chi connectivity index (χ2v) is 8.48. The van der Waals surface area contributed by atoms with Gasteiger partial charge in [-0.25, -0.2) is 9.64 Å². The average molecular weight is 383 g/mol. The smallest absolute Gasteiger partial charge is 0.326 e. The molecule has 2 heterocycles. The molecule has 6 heteroatoms. The third-order valence-electron chi connectivity index (χ3n) is 6.84. The van der Waals surface area contributed by atoms with Crippen LogP contribution < -0.4 is 5.69 Å². The van der Waals surface area contributed by atoms with Crippen molar-refractivity contribution in [3.05, 3.63) is 40.1 Å². The van der Waals surface area contributed by atoms with Crippen LogP contribution in [-0.2, 0) is 4.74 Å². The normalized spacial score (nSPS) is 27.1. The number of hydrogen-bond donors (Lipinski definition) is 1. The molecular formula is C22H30N4O2. The van der Waals surface area contributed by atoms with Gasteiger partial charge in [0.2, 0.25) is 0 Å². The number of rotatable bonds is 4. The second-order valence-electron chi connectivity index (χ2n) is 8.48. The second kappa shape index (κ2) is 7.73. The van der Waals surface area contributed by atoms with E-state index in [2.05, 4.69) is 28.6 Å². The summed E-state index contributed by atoms with van der Waals surface area (Å²) in [5, 5.41) is 0. The van der Waals surface area contributed by atoms with E-state index >= 15 is 0 Å². The Morgan fingerprint density at radius 1 is 1.25 bits per heavy atom. The first kappa shape index (κ1) is 19.2. The molecule has 4 rings (SSSR count). The molecule has 0 bridgehead atoms. The molecule has 1 saturated carbocycles.